The van der Waals surface area contributed by atoms with Gasteiger partial charge in [-0.1, -0.05) is 0 Å². The monoisotopic (exact) mass is 218 g/mol. The summed E-state index contributed by atoms with van der Waals surface area (Å²) in [7, 11) is 0. The van der Waals surface area contributed by atoms with Crippen LogP contribution in [0.3, 0.4) is 0 Å². The quantitative estimate of drug-likeness (QED) is 0.821. The molecule has 2 heterocycles. The average molecular weight is 218 g/mol. The van der Waals surface area contributed by atoms with Gasteiger partial charge in [-0.15, -0.1) is 0 Å². The van der Waals surface area contributed by atoms with Crippen LogP contribution in [0.5, 0.6) is 0 Å². The van der Waals surface area contributed by atoms with Gasteiger partial charge in [-0.25, -0.2) is 14.8 Å². The van der Waals surface area contributed by atoms with Gasteiger partial charge in [0.2, 0.25) is 0 Å². The molecule has 0 radical (unpaired) electrons. The minimum Gasteiger partial charge on any atom is -0.476 e. The molecule has 0 bridgehead atoms. The second kappa shape index (κ2) is 4.09. The molecule has 16 heavy (non-hydrogen) atoms. The van der Waals surface area contributed by atoms with Gasteiger partial charge in [0.15, 0.2) is 5.69 Å². The molecular formula is C10H10N4O2. The van der Waals surface area contributed by atoms with Gasteiger partial charge in [0, 0.05) is 18.1 Å². The molecule has 0 unspecified atom stereocenters. The van der Waals surface area contributed by atoms with Crippen LogP contribution in [0.2, 0.25) is 0 Å². The van der Waals surface area contributed by atoms with Gasteiger partial charge in [0.05, 0.1) is 0 Å². The number of carboxylic acids is 1. The van der Waals surface area contributed by atoms with Crippen LogP contribution in [-0.2, 0) is 6.54 Å². The minimum absolute atomic E-state index is 0.0356. The number of rotatable bonds is 3. The second-order valence-electron chi connectivity index (χ2n) is 3.30. The summed E-state index contributed by atoms with van der Waals surface area (Å²) in [6.07, 6.45) is 3.28. The molecule has 0 spiro atoms. The van der Waals surface area contributed by atoms with Crippen molar-refractivity contribution in [3.63, 3.8) is 0 Å². The van der Waals surface area contributed by atoms with Gasteiger partial charge in [-0.2, -0.15) is 5.10 Å². The SMILES string of the molecule is Cc1cc(C(=O)O)nn1Cc1ncccn1. The highest BCUT2D eigenvalue weighted by molar-refractivity contribution is 5.85. The summed E-state index contributed by atoms with van der Waals surface area (Å²) in [5.41, 5.74) is 0.804. The zero-order chi connectivity index (χ0) is 11.5. The first-order valence-electron chi connectivity index (χ1n) is 4.70. The standard InChI is InChI=1S/C10H10N4O2/c1-7-5-8(10(15)16)13-14(7)6-9-11-3-2-4-12-9/h2-5H,6H2,1H3,(H,15,16). The Labute approximate surface area is 91.6 Å². The Hall–Kier alpha value is -2.24. The maximum atomic E-state index is 10.7. The van der Waals surface area contributed by atoms with E-state index in [-0.39, 0.29) is 5.69 Å². The van der Waals surface area contributed by atoms with E-state index in [2.05, 4.69) is 15.1 Å². The van der Waals surface area contributed by atoms with E-state index in [4.69, 9.17) is 5.11 Å². The maximum absolute atomic E-state index is 10.7. The van der Waals surface area contributed by atoms with Crippen molar-refractivity contribution in [1.29, 1.82) is 0 Å². The molecule has 0 amide bonds. The van der Waals surface area contributed by atoms with Gasteiger partial charge in [0.1, 0.15) is 12.4 Å². The summed E-state index contributed by atoms with van der Waals surface area (Å²) < 4.78 is 1.57. The Bertz CT molecular complexity index is 507. The number of carbonyl (C=O) groups is 1. The third-order valence-electron chi connectivity index (χ3n) is 2.11. The number of carboxylic acid groups (broad SMARTS) is 1. The molecule has 0 saturated carbocycles. The largest absolute Gasteiger partial charge is 0.476 e. The van der Waals surface area contributed by atoms with Crippen molar-refractivity contribution < 1.29 is 9.90 Å². The van der Waals surface area contributed by atoms with Crippen LogP contribution in [0.1, 0.15) is 22.0 Å². The van der Waals surface area contributed by atoms with Crippen LogP contribution >= 0.6 is 0 Å². The predicted octanol–water partition coefficient (Wildman–Crippen LogP) is 0.728. The molecule has 2 rings (SSSR count). The van der Waals surface area contributed by atoms with Crippen molar-refractivity contribution in [3.05, 3.63) is 41.7 Å². The van der Waals surface area contributed by atoms with E-state index in [0.717, 1.165) is 5.69 Å². The van der Waals surface area contributed by atoms with E-state index in [9.17, 15) is 4.79 Å². The van der Waals surface area contributed by atoms with Crippen LogP contribution in [0.15, 0.2) is 24.5 Å². The van der Waals surface area contributed by atoms with Crippen molar-refractivity contribution >= 4 is 5.97 Å². The van der Waals surface area contributed by atoms with Crippen LogP contribution in [0.4, 0.5) is 0 Å². The van der Waals surface area contributed by atoms with Crippen LogP contribution in [0, 0.1) is 6.92 Å². The molecule has 6 heteroatoms. The Morgan fingerprint density at radius 3 is 2.69 bits per heavy atom. The Kier molecular flexibility index (Phi) is 2.63. The highest BCUT2D eigenvalue weighted by Crippen LogP contribution is 2.04. The number of nitrogens with zero attached hydrogens (tertiary/aromatic N) is 4. The molecular weight excluding hydrogens is 208 g/mol. The van der Waals surface area contributed by atoms with Gasteiger partial charge in [0.25, 0.3) is 0 Å². The van der Waals surface area contributed by atoms with Gasteiger partial charge in [-0.3, -0.25) is 4.68 Å². The van der Waals surface area contributed by atoms with Crippen molar-refractivity contribution in [1.82, 2.24) is 19.7 Å². The highest BCUT2D eigenvalue weighted by atomic mass is 16.4. The highest BCUT2D eigenvalue weighted by Gasteiger charge is 2.11. The number of hydrogen-bond acceptors (Lipinski definition) is 4. The summed E-state index contributed by atoms with van der Waals surface area (Å²) in [5.74, 6) is -0.429. The third-order valence-corrected chi connectivity index (χ3v) is 2.11. The number of aromatic nitrogens is 4. The lowest BCUT2D eigenvalue weighted by atomic mass is 10.4. The Balaban J connectivity index is 2.25. The molecule has 0 saturated heterocycles. The lowest BCUT2D eigenvalue weighted by Crippen LogP contribution is -2.08. The second-order valence-corrected chi connectivity index (χ2v) is 3.30. The van der Waals surface area contributed by atoms with Crippen molar-refractivity contribution in [2.45, 2.75) is 13.5 Å². The predicted molar refractivity (Wildman–Crippen MR) is 55.1 cm³/mol. The lowest BCUT2D eigenvalue weighted by molar-refractivity contribution is 0.0689. The van der Waals surface area contributed by atoms with Crippen molar-refractivity contribution in [2.75, 3.05) is 0 Å². The topological polar surface area (TPSA) is 80.9 Å². The summed E-state index contributed by atoms with van der Waals surface area (Å²) >= 11 is 0. The number of hydrogen-bond donors (Lipinski definition) is 1. The summed E-state index contributed by atoms with van der Waals surface area (Å²) in [5, 5.41) is 12.7. The fourth-order valence-corrected chi connectivity index (χ4v) is 1.32. The first kappa shape index (κ1) is 10.3. The Morgan fingerprint density at radius 1 is 1.44 bits per heavy atom. The zero-order valence-electron chi connectivity index (χ0n) is 8.66. The molecule has 0 atom stereocenters. The van der Waals surface area contributed by atoms with Crippen LogP contribution < -0.4 is 0 Å². The molecule has 2 aromatic heterocycles. The maximum Gasteiger partial charge on any atom is 0.356 e. The zero-order valence-corrected chi connectivity index (χ0v) is 8.66. The minimum atomic E-state index is -1.03. The fourth-order valence-electron chi connectivity index (χ4n) is 1.32. The van der Waals surface area contributed by atoms with E-state index in [1.807, 2.05) is 0 Å². The molecule has 0 aliphatic rings. The summed E-state index contributed by atoms with van der Waals surface area (Å²) in [6.45, 7) is 2.17. The van der Waals surface area contributed by atoms with Crippen molar-refractivity contribution in [3.8, 4) is 0 Å². The molecule has 6 nitrogen and oxygen atoms in total. The third kappa shape index (κ3) is 2.05. The van der Waals surface area contributed by atoms with Gasteiger partial charge >= 0.3 is 5.97 Å². The van der Waals surface area contributed by atoms with E-state index in [1.54, 1.807) is 30.1 Å². The Morgan fingerprint density at radius 2 is 2.12 bits per heavy atom. The van der Waals surface area contributed by atoms with Crippen LogP contribution in [0.25, 0.3) is 0 Å². The summed E-state index contributed by atoms with van der Waals surface area (Å²) in [4.78, 5) is 18.8. The molecule has 0 aliphatic carbocycles. The number of aromatic carboxylic acids is 1. The average Bonchev–Trinajstić information content (AvgIpc) is 2.62. The molecule has 1 N–H and O–H groups in total. The number of aryl methyl sites for hydroxylation is 1. The van der Waals surface area contributed by atoms with E-state index < -0.39 is 5.97 Å². The van der Waals surface area contributed by atoms with E-state index >= 15 is 0 Å². The fraction of sp³-hybridized carbons (Fsp3) is 0.200. The molecule has 0 aliphatic heterocycles. The summed E-state index contributed by atoms with van der Waals surface area (Å²) in [6, 6.07) is 3.24. The first-order valence-corrected chi connectivity index (χ1v) is 4.70. The normalized spacial score (nSPS) is 10.3. The first-order chi connectivity index (χ1) is 7.66. The van der Waals surface area contributed by atoms with Crippen LogP contribution in [-0.4, -0.2) is 30.8 Å². The molecule has 82 valence electrons. The molecule has 2 aromatic rings. The molecule has 0 fully saturated rings. The van der Waals surface area contributed by atoms with Gasteiger partial charge < -0.3 is 5.11 Å². The lowest BCUT2D eigenvalue weighted by Gasteiger charge is -2.01. The van der Waals surface area contributed by atoms with Crippen molar-refractivity contribution in [2.24, 2.45) is 0 Å². The van der Waals surface area contributed by atoms with E-state index in [1.165, 1.54) is 6.07 Å². The molecule has 0 aromatic carbocycles. The van der Waals surface area contributed by atoms with Gasteiger partial charge in [-0.05, 0) is 19.1 Å². The smallest absolute Gasteiger partial charge is 0.356 e. The van der Waals surface area contributed by atoms with E-state index in [0.29, 0.717) is 12.4 Å².